The molecule has 2 aromatic heterocycles. The summed E-state index contributed by atoms with van der Waals surface area (Å²) in [4.78, 5) is 60.7. The highest BCUT2D eigenvalue weighted by atomic mass is 16.5. The van der Waals surface area contributed by atoms with E-state index in [9.17, 15) is 19.2 Å². The topological polar surface area (TPSA) is 112 Å². The van der Waals surface area contributed by atoms with Crippen molar-refractivity contribution in [3.8, 4) is 5.75 Å². The van der Waals surface area contributed by atoms with Crippen LogP contribution in [0.5, 0.6) is 5.75 Å². The van der Waals surface area contributed by atoms with E-state index in [1.54, 1.807) is 11.9 Å². The smallest absolute Gasteiger partial charge is 0.332 e. The average Bonchev–Trinajstić information content (AvgIpc) is 3.63. The molecule has 0 radical (unpaired) electrons. The molecule has 11 nitrogen and oxygen atoms in total. The Morgan fingerprint density at radius 3 is 2.59 bits per heavy atom. The van der Waals surface area contributed by atoms with E-state index in [1.807, 2.05) is 12.1 Å². The summed E-state index contributed by atoms with van der Waals surface area (Å²) in [7, 11) is 2.98. The second kappa shape index (κ2) is 10.8. The fraction of sp³-hybridized carbons (Fsp3) is 0.567. The van der Waals surface area contributed by atoms with E-state index >= 15 is 0 Å². The predicted octanol–water partition coefficient (Wildman–Crippen LogP) is 1.84. The monoisotopic (exact) mass is 562 g/mol. The molecule has 0 unspecified atom stereocenters. The number of hydrogen-bond acceptors (Lipinski definition) is 6. The molecule has 0 saturated carbocycles. The number of ether oxygens (including phenoxy) is 1. The minimum absolute atomic E-state index is 0.0458. The van der Waals surface area contributed by atoms with Crippen LogP contribution >= 0.6 is 0 Å². The lowest BCUT2D eigenvalue weighted by atomic mass is 9.73. The van der Waals surface area contributed by atoms with Gasteiger partial charge in [0.1, 0.15) is 18.9 Å². The number of amides is 2. The first-order valence-corrected chi connectivity index (χ1v) is 14.7. The average molecular weight is 563 g/mol. The fourth-order valence-corrected chi connectivity index (χ4v) is 6.91. The molecule has 2 saturated heterocycles. The van der Waals surface area contributed by atoms with Crippen LogP contribution in [0, 0.1) is 5.41 Å². The number of hydrogen-bond donors (Lipinski definition) is 0. The van der Waals surface area contributed by atoms with Gasteiger partial charge >= 0.3 is 5.69 Å². The summed E-state index contributed by atoms with van der Waals surface area (Å²) < 4.78 is 10.1. The third-order valence-corrected chi connectivity index (χ3v) is 9.44. The van der Waals surface area contributed by atoms with Crippen LogP contribution < -0.4 is 16.0 Å². The van der Waals surface area contributed by atoms with Crippen LogP contribution in [-0.2, 0) is 36.6 Å². The molecule has 0 N–H and O–H groups in total. The van der Waals surface area contributed by atoms with Crippen molar-refractivity contribution in [3.05, 3.63) is 57.0 Å². The minimum Gasteiger partial charge on any atom is -0.491 e. The Labute approximate surface area is 238 Å². The van der Waals surface area contributed by atoms with Gasteiger partial charge in [0.2, 0.25) is 11.8 Å². The molecule has 6 rings (SSSR count). The molecular formula is C30H38N6O5. The zero-order chi connectivity index (χ0) is 28.7. The van der Waals surface area contributed by atoms with Crippen LogP contribution in [0.15, 0.2) is 40.2 Å². The number of piperidine rings is 1. The molecule has 3 aliphatic heterocycles. The molecule has 5 heterocycles. The van der Waals surface area contributed by atoms with E-state index in [-0.39, 0.29) is 35.6 Å². The Bertz CT molecular complexity index is 1590. The van der Waals surface area contributed by atoms with Crippen LogP contribution in [0.25, 0.3) is 11.2 Å². The molecular weight excluding hydrogens is 524 g/mol. The number of aromatic nitrogens is 4. The van der Waals surface area contributed by atoms with Crippen LogP contribution in [0.3, 0.4) is 0 Å². The molecule has 41 heavy (non-hydrogen) atoms. The normalized spacial score (nSPS) is 21.2. The molecule has 0 bridgehead atoms. The predicted molar refractivity (Wildman–Crippen MR) is 153 cm³/mol. The van der Waals surface area contributed by atoms with Gasteiger partial charge in [-0.15, -0.1) is 0 Å². The van der Waals surface area contributed by atoms with E-state index < -0.39 is 16.7 Å². The highest BCUT2D eigenvalue weighted by Gasteiger charge is 2.46. The Hall–Kier alpha value is -3.89. The Morgan fingerprint density at radius 2 is 1.78 bits per heavy atom. The summed E-state index contributed by atoms with van der Waals surface area (Å²) in [5.74, 6) is 1.02. The van der Waals surface area contributed by atoms with Gasteiger partial charge in [-0.05, 0) is 56.6 Å². The number of imidazole rings is 1. The van der Waals surface area contributed by atoms with E-state index in [2.05, 4.69) is 22.0 Å². The number of carbonyl (C=O) groups excluding carboxylic acids is 2. The number of likely N-dealkylation sites (tertiary alicyclic amines) is 1. The van der Waals surface area contributed by atoms with Crippen molar-refractivity contribution in [2.24, 2.45) is 19.5 Å². The second-order valence-electron chi connectivity index (χ2n) is 11.8. The van der Waals surface area contributed by atoms with Crippen molar-refractivity contribution in [2.45, 2.75) is 64.0 Å². The third-order valence-electron chi connectivity index (χ3n) is 9.44. The minimum atomic E-state index is -0.478. The Balaban J connectivity index is 1.19. The quantitative estimate of drug-likeness (QED) is 0.471. The van der Waals surface area contributed by atoms with Gasteiger partial charge in [0.25, 0.3) is 5.56 Å². The highest BCUT2D eigenvalue weighted by molar-refractivity contribution is 5.84. The van der Waals surface area contributed by atoms with E-state index in [1.165, 1.54) is 28.1 Å². The summed E-state index contributed by atoms with van der Waals surface area (Å²) >= 11 is 0. The van der Waals surface area contributed by atoms with Crippen molar-refractivity contribution >= 4 is 23.0 Å². The van der Waals surface area contributed by atoms with Crippen molar-refractivity contribution in [1.82, 2.24) is 28.5 Å². The van der Waals surface area contributed by atoms with E-state index in [0.29, 0.717) is 32.5 Å². The molecule has 2 amide bonds. The SMILES string of the molecule is Cn1c(=O)c2c(ncn2CC(=O)N2CCC3(CCCCc4ccccc4OC[C@@H]4CCCN4C3=O)CC2)n(C)c1=O. The van der Waals surface area contributed by atoms with E-state index in [0.717, 1.165) is 55.4 Å². The van der Waals surface area contributed by atoms with Gasteiger partial charge in [0.15, 0.2) is 11.2 Å². The standard InChI is InChI=1S/C30H38N6O5/c1-32-26-25(27(38)33(2)29(32)40)35(20-31-26)18-24(37)34-16-13-30(14-17-34)12-6-5-9-21-8-3-4-11-23(21)41-19-22-10-7-15-36(22)28(30)39/h3-4,8,11,20,22H,5-7,9-10,12-19H2,1-2H3/t22-/m0/s1. The third kappa shape index (κ3) is 4.85. The van der Waals surface area contributed by atoms with Crippen LogP contribution in [-0.4, -0.2) is 72.6 Å². The summed E-state index contributed by atoms with van der Waals surface area (Å²) in [5.41, 5.74) is 0.299. The van der Waals surface area contributed by atoms with Gasteiger partial charge in [0.05, 0.1) is 17.8 Å². The van der Waals surface area contributed by atoms with Crippen molar-refractivity contribution in [3.63, 3.8) is 0 Å². The maximum atomic E-state index is 14.2. The molecule has 1 aromatic carbocycles. The largest absolute Gasteiger partial charge is 0.491 e. The summed E-state index contributed by atoms with van der Waals surface area (Å²) in [5, 5.41) is 0. The van der Waals surface area contributed by atoms with Gasteiger partial charge in [-0.1, -0.05) is 24.6 Å². The van der Waals surface area contributed by atoms with Gasteiger partial charge in [-0.3, -0.25) is 23.5 Å². The summed E-state index contributed by atoms with van der Waals surface area (Å²) in [6, 6.07) is 8.29. The molecule has 3 aromatic rings. The zero-order valence-electron chi connectivity index (χ0n) is 23.9. The van der Waals surface area contributed by atoms with Gasteiger partial charge < -0.3 is 19.1 Å². The number of benzene rings is 1. The molecule has 11 heteroatoms. The van der Waals surface area contributed by atoms with Crippen molar-refractivity contribution < 1.29 is 14.3 Å². The number of rotatable bonds is 2. The fourth-order valence-electron chi connectivity index (χ4n) is 6.91. The van der Waals surface area contributed by atoms with Crippen LogP contribution in [0.2, 0.25) is 0 Å². The van der Waals surface area contributed by atoms with Crippen molar-refractivity contribution in [2.75, 3.05) is 26.2 Å². The molecule has 1 atom stereocenters. The number of fused-ring (bicyclic) bond motifs is 3. The first-order chi connectivity index (χ1) is 19.8. The molecule has 2 fully saturated rings. The highest BCUT2D eigenvalue weighted by Crippen LogP contribution is 2.41. The second-order valence-corrected chi connectivity index (χ2v) is 11.8. The first-order valence-electron chi connectivity index (χ1n) is 14.7. The van der Waals surface area contributed by atoms with Gasteiger partial charge in [-0.25, -0.2) is 9.78 Å². The van der Waals surface area contributed by atoms with Crippen molar-refractivity contribution in [1.29, 1.82) is 0 Å². The van der Waals surface area contributed by atoms with Crippen LogP contribution in [0.1, 0.15) is 50.5 Å². The lowest BCUT2D eigenvalue weighted by molar-refractivity contribution is -0.150. The number of aryl methyl sites for hydroxylation is 2. The first kappa shape index (κ1) is 27.3. The Morgan fingerprint density at radius 1 is 1.00 bits per heavy atom. The summed E-state index contributed by atoms with van der Waals surface area (Å²) in [6.07, 6.45) is 8.27. The maximum Gasteiger partial charge on any atom is 0.332 e. The Kier molecular flexibility index (Phi) is 7.21. The molecule has 1 spiro atoms. The molecule has 218 valence electrons. The maximum absolute atomic E-state index is 14.2. The summed E-state index contributed by atoms with van der Waals surface area (Å²) in [6.45, 7) is 2.20. The number of carbonyl (C=O) groups is 2. The number of nitrogens with zero attached hydrogens (tertiary/aromatic N) is 6. The molecule has 3 aliphatic rings. The number of para-hydroxylation sites is 1. The lowest BCUT2D eigenvalue weighted by Crippen LogP contribution is -2.53. The van der Waals surface area contributed by atoms with Gasteiger partial charge in [0, 0.05) is 33.7 Å². The zero-order valence-corrected chi connectivity index (χ0v) is 23.9. The van der Waals surface area contributed by atoms with Crippen LogP contribution in [0.4, 0.5) is 0 Å². The lowest BCUT2D eigenvalue weighted by Gasteiger charge is -2.44. The molecule has 0 aliphatic carbocycles. The van der Waals surface area contributed by atoms with Gasteiger partial charge in [-0.2, -0.15) is 0 Å². The van der Waals surface area contributed by atoms with E-state index in [4.69, 9.17) is 4.74 Å².